The van der Waals surface area contributed by atoms with Gasteiger partial charge in [0.25, 0.3) is 0 Å². The lowest BCUT2D eigenvalue weighted by Gasteiger charge is -2.39. The van der Waals surface area contributed by atoms with Crippen molar-refractivity contribution in [2.75, 3.05) is 27.2 Å². The van der Waals surface area contributed by atoms with Crippen molar-refractivity contribution in [1.82, 2.24) is 10.2 Å². The number of nitrogens with one attached hydrogen (secondary N) is 1. The van der Waals surface area contributed by atoms with Gasteiger partial charge in [-0.15, -0.1) is 12.4 Å². The van der Waals surface area contributed by atoms with Crippen LogP contribution in [-0.4, -0.2) is 38.1 Å². The number of benzene rings is 1. The molecule has 1 heterocycles. The summed E-state index contributed by atoms with van der Waals surface area (Å²) in [6, 6.07) is 7.97. The van der Waals surface area contributed by atoms with E-state index in [1.807, 2.05) is 36.2 Å². The molecule has 2 aliphatic rings. The largest absolute Gasteiger partial charge is 0.497 e. The predicted octanol–water partition coefficient (Wildman–Crippen LogP) is 2.86. The molecule has 5 heteroatoms. The second kappa shape index (κ2) is 7.54. The van der Waals surface area contributed by atoms with Crippen LogP contribution in [0.3, 0.4) is 0 Å². The fourth-order valence-corrected chi connectivity index (χ4v) is 4.13. The number of amides is 1. The predicted molar refractivity (Wildman–Crippen MR) is 94.0 cm³/mol. The molecule has 1 N–H and O–H groups in total. The molecule has 3 rings (SSSR count). The Labute approximate surface area is 145 Å². The van der Waals surface area contributed by atoms with E-state index in [2.05, 4.69) is 5.32 Å². The summed E-state index contributed by atoms with van der Waals surface area (Å²) in [6.45, 7) is 2.52. The number of halogens is 1. The first-order valence-electron chi connectivity index (χ1n) is 8.25. The number of carbonyl (C=O) groups excluding carboxylic acids is 1. The maximum atomic E-state index is 13.1. The zero-order valence-electron chi connectivity index (χ0n) is 14.0. The maximum absolute atomic E-state index is 13.1. The summed E-state index contributed by atoms with van der Waals surface area (Å²) in [5, 5.41) is 3.46. The normalized spacial score (nSPS) is 26.1. The first-order chi connectivity index (χ1) is 10.7. The molecular formula is C18H27ClN2O2. The molecule has 1 amide bonds. The second-order valence-electron chi connectivity index (χ2n) is 6.74. The molecule has 1 saturated carbocycles. The fraction of sp³-hybridized carbons (Fsp3) is 0.611. The molecule has 128 valence electrons. The molecule has 0 spiro atoms. The Hall–Kier alpha value is -1.26. The van der Waals surface area contributed by atoms with Gasteiger partial charge in [-0.2, -0.15) is 0 Å². The molecule has 1 aromatic carbocycles. The van der Waals surface area contributed by atoms with Crippen LogP contribution in [0.15, 0.2) is 24.3 Å². The summed E-state index contributed by atoms with van der Waals surface area (Å²) < 4.78 is 5.18. The quantitative estimate of drug-likeness (QED) is 0.917. The van der Waals surface area contributed by atoms with Gasteiger partial charge in [-0.05, 0) is 43.0 Å². The maximum Gasteiger partial charge on any atom is 0.230 e. The van der Waals surface area contributed by atoms with E-state index in [4.69, 9.17) is 4.74 Å². The highest BCUT2D eigenvalue weighted by molar-refractivity contribution is 5.85. The Kier molecular flexibility index (Phi) is 5.93. The molecule has 2 fully saturated rings. The monoisotopic (exact) mass is 338 g/mol. The van der Waals surface area contributed by atoms with E-state index in [0.717, 1.165) is 30.8 Å². The van der Waals surface area contributed by atoms with Gasteiger partial charge in [0, 0.05) is 20.1 Å². The molecule has 2 atom stereocenters. The first-order valence-corrected chi connectivity index (χ1v) is 8.25. The summed E-state index contributed by atoms with van der Waals surface area (Å²) in [5.41, 5.74) is 0.991. The number of ether oxygens (including phenoxy) is 1. The van der Waals surface area contributed by atoms with Gasteiger partial charge in [-0.3, -0.25) is 4.79 Å². The highest BCUT2D eigenvalue weighted by atomic mass is 35.5. The minimum atomic E-state index is -0.153. The molecule has 4 nitrogen and oxygen atoms in total. The van der Waals surface area contributed by atoms with Crippen molar-refractivity contribution < 1.29 is 9.53 Å². The highest BCUT2D eigenvalue weighted by Gasteiger charge is 2.50. The van der Waals surface area contributed by atoms with Crippen molar-refractivity contribution in [3.8, 4) is 5.75 Å². The molecule has 0 unspecified atom stereocenters. The average molecular weight is 339 g/mol. The topological polar surface area (TPSA) is 41.6 Å². The minimum Gasteiger partial charge on any atom is -0.497 e. The number of hydrogen-bond donors (Lipinski definition) is 1. The molecule has 1 aliphatic carbocycles. The Morgan fingerprint density at radius 3 is 2.78 bits per heavy atom. The highest BCUT2D eigenvalue weighted by Crippen LogP contribution is 2.45. The Balaban J connectivity index is 0.00000192. The van der Waals surface area contributed by atoms with Crippen LogP contribution in [0.2, 0.25) is 0 Å². The van der Waals surface area contributed by atoms with Crippen LogP contribution < -0.4 is 10.1 Å². The van der Waals surface area contributed by atoms with Crippen molar-refractivity contribution in [1.29, 1.82) is 0 Å². The summed E-state index contributed by atoms with van der Waals surface area (Å²) in [5.74, 6) is 1.69. The lowest BCUT2D eigenvalue weighted by atomic mass is 9.67. The van der Waals surface area contributed by atoms with Gasteiger partial charge in [0.2, 0.25) is 5.91 Å². The van der Waals surface area contributed by atoms with Crippen molar-refractivity contribution >= 4 is 18.3 Å². The van der Waals surface area contributed by atoms with Crippen LogP contribution in [0, 0.1) is 11.3 Å². The second-order valence-corrected chi connectivity index (χ2v) is 6.74. The number of methoxy groups -OCH3 is 1. The lowest BCUT2D eigenvalue weighted by Crippen LogP contribution is -2.48. The zero-order valence-corrected chi connectivity index (χ0v) is 14.8. The van der Waals surface area contributed by atoms with Crippen LogP contribution in [0.4, 0.5) is 0 Å². The van der Waals surface area contributed by atoms with E-state index >= 15 is 0 Å². The van der Waals surface area contributed by atoms with Gasteiger partial charge in [-0.1, -0.05) is 25.0 Å². The standard InChI is InChI=1S/C18H26N2O2.ClH/c1-20(12-14-6-8-16(22-2)9-7-14)17(21)18-10-4-3-5-15(18)11-19-13-18;/h6-9,15,19H,3-5,10-13H2,1-2H3;1H/t15-,18+;/m0./s1. The van der Waals surface area contributed by atoms with Gasteiger partial charge < -0.3 is 15.0 Å². The molecule has 1 aromatic rings. The van der Waals surface area contributed by atoms with Crippen LogP contribution in [-0.2, 0) is 11.3 Å². The van der Waals surface area contributed by atoms with Crippen LogP contribution in [0.1, 0.15) is 31.2 Å². The molecule has 23 heavy (non-hydrogen) atoms. The first kappa shape index (κ1) is 18.1. The van der Waals surface area contributed by atoms with Crippen LogP contribution in [0.5, 0.6) is 5.75 Å². The smallest absolute Gasteiger partial charge is 0.230 e. The van der Waals surface area contributed by atoms with E-state index in [9.17, 15) is 4.79 Å². The summed E-state index contributed by atoms with van der Waals surface area (Å²) in [6.07, 6.45) is 4.68. The molecule has 0 radical (unpaired) electrons. The number of carbonyl (C=O) groups is 1. The lowest BCUT2D eigenvalue weighted by molar-refractivity contribution is -0.144. The Morgan fingerprint density at radius 1 is 1.35 bits per heavy atom. The van der Waals surface area contributed by atoms with E-state index < -0.39 is 0 Å². The molecule has 0 aromatic heterocycles. The summed E-state index contributed by atoms with van der Waals surface area (Å²) >= 11 is 0. The van der Waals surface area contributed by atoms with Crippen LogP contribution >= 0.6 is 12.4 Å². The number of nitrogens with zero attached hydrogens (tertiary/aromatic N) is 1. The minimum absolute atomic E-state index is 0. The van der Waals surface area contributed by atoms with E-state index in [-0.39, 0.29) is 17.8 Å². The zero-order chi connectivity index (χ0) is 15.6. The van der Waals surface area contributed by atoms with Gasteiger partial charge in [0.15, 0.2) is 0 Å². The average Bonchev–Trinajstić information content (AvgIpc) is 3.00. The van der Waals surface area contributed by atoms with Gasteiger partial charge >= 0.3 is 0 Å². The van der Waals surface area contributed by atoms with Crippen molar-refractivity contribution in [3.05, 3.63) is 29.8 Å². The van der Waals surface area contributed by atoms with Gasteiger partial charge in [-0.25, -0.2) is 0 Å². The van der Waals surface area contributed by atoms with Crippen molar-refractivity contribution in [3.63, 3.8) is 0 Å². The number of hydrogen-bond acceptors (Lipinski definition) is 3. The van der Waals surface area contributed by atoms with Gasteiger partial charge in [0.05, 0.1) is 12.5 Å². The number of fused-ring (bicyclic) bond motifs is 1. The van der Waals surface area contributed by atoms with Gasteiger partial charge in [0.1, 0.15) is 5.75 Å². The summed E-state index contributed by atoms with van der Waals surface area (Å²) in [7, 11) is 3.60. The third-order valence-corrected chi connectivity index (χ3v) is 5.39. The van der Waals surface area contributed by atoms with Crippen molar-refractivity contribution in [2.45, 2.75) is 32.2 Å². The Morgan fingerprint density at radius 2 is 2.09 bits per heavy atom. The fourth-order valence-electron chi connectivity index (χ4n) is 4.13. The third kappa shape index (κ3) is 3.48. The van der Waals surface area contributed by atoms with Crippen LogP contribution in [0.25, 0.3) is 0 Å². The molecule has 1 aliphatic heterocycles. The molecular weight excluding hydrogens is 312 g/mol. The van der Waals surface area contributed by atoms with Crippen molar-refractivity contribution in [2.24, 2.45) is 11.3 Å². The van der Waals surface area contributed by atoms with E-state index in [0.29, 0.717) is 18.4 Å². The van der Waals surface area contributed by atoms with E-state index in [1.165, 1.54) is 19.3 Å². The molecule has 0 bridgehead atoms. The van der Waals surface area contributed by atoms with E-state index in [1.54, 1.807) is 7.11 Å². The SMILES string of the molecule is COc1ccc(CN(C)C(=O)[C@@]23CCCC[C@H]2CNC3)cc1.Cl. The Bertz CT molecular complexity index is 534. The number of rotatable bonds is 4. The summed E-state index contributed by atoms with van der Waals surface area (Å²) in [4.78, 5) is 15.0. The molecule has 1 saturated heterocycles. The third-order valence-electron chi connectivity index (χ3n) is 5.39.